The van der Waals surface area contributed by atoms with Crippen molar-refractivity contribution < 1.29 is 9.18 Å². The molecule has 1 aromatic carbocycles. The number of aliphatic imine (C=N–C) groups is 1. The summed E-state index contributed by atoms with van der Waals surface area (Å²) in [6, 6.07) is 11.7. The third kappa shape index (κ3) is 6.88. The molecule has 138 valence electrons. The van der Waals surface area contributed by atoms with Crippen LogP contribution >= 0.6 is 0 Å². The number of amides is 1. The number of guanidine groups is 1. The number of benzene rings is 1. The van der Waals surface area contributed by atoms with E-state index in [1.54, 1.807) is 18.2 Å². The van der Waals surface area contributed by atoms with Crippen molar-refractivity contribution in [3.05, 3.63) is 59.5 Å². The van der Waals surface area contributed by atoms with E-state index in [1.807, 2.05) is 26.0 Å². The van der Waals surface area contributed by atoms with Crippen LogP contribution in [0.5, 0.6) is 0 Å². The number of nitrogens with zero attached hydrogens (tertiary/aromatic N) is 2. The van der Waals surface area contributed by atoms with Gasteiger partial charge in [-0.2, -0.15) is 0 Å². The van der Waals surface area contributed by atoms with Crippen LogP contribution in [0, 0.1) is 12.7 Å². The van der Waals surface area contributed by atoms with Crippen LogP contribution in [0.3, 0.4) is 0 Å². The Morgan fingerprint density at radius 2 is 1.92 bits per heavy atom. The molecular weight excluding hydrogens is 333 g/mol. The maximum absolute atomic E-state index is 12.9. The molecule has 0 bridgehead atoms. The van der Waals surface area contributed by atoms with Gasteiger partial charge < -0.3 is 16.0 Å². The Kier molecular flexibility index (Phi) is 7.54. The highest BCUT2D eigenvalue weighted by Gasteiger charge is 2.04. The van der Waals surface area contributed by atoms with Crippen molar-refractivity contribution >= 4 is 17.7 Å². The second-order valence-electron chi connectivity index (χ2n) is 5.71. The Morgan fingerprint density at radius 3 is 2.62 bits per heavy atom. The highest BCUT2D eigenvalue weighted by atomic mass is 19.1. The fourth-order valence-electron chi connectivity index (χ4n) is 2.21. The summed E-state index contributed by atoms with van der Waals surface area (Å²) in [5.74, 6) is 0.770. The molecule has 26 heavy (non-hydrogen) atoms. The maximum atomic E-state index is 12.9. The van der Waals surface area contributed by atoms with Crippen LogP contribution in [0.2, 0.25) is 0 Å². The Bertz CT molecular complexity index is 746. The molecular formula is C19H24FN5O. The highest BCUT2D eigenvalue weighted by Crippen LogP contribution is 2.05. The van der Waals surface area contributed by atoms with E-state index in [0.29, 0.717) is 31.4 Å². The van der Waals surface area contributed by atoms with Gasteiger partial charge in [0.05, 0.1) is 6.54 Å². The van der Waals surface area contributed by atoms with E-state index in [2.05, 4.69) is 25.9 Å². The van der Waals surface area contributed by atoms with Crippen molar-refractivity contribution in [1.82, 2.24) is 15.6 Å². The first kappa shape index (κ1) is 19.4. The van der Waals surface area contributed by atoms with Crippen LogP contribution in [0.1, 0.15) is 24.6 Å². The third-order valence-corrected chi connectivity index (χ3v) is 3.48. The van der Waals surface area contributed by atoms with Gasteiger partial charge in [0.1, 0.15) is 11.6 Å². The minimum atomic E-state index is -0.267. The van der Waals surface area contributed by atoms with Crippen molar-refractivity contribution in [2.45, 2.75) is 26.8 Å². The van der Waals surface area contributed by atoms with Gasteiger partial charge in [0.15, 0.2) is 5.96 Å². The van der Waals surface area contributed by atoms with Gasteiger partial charge in [-0.25, -0.2) is 14.4 Å². The first-order valence-electron chi connectivity index (χ1n) is 8.57. The predicted molar refractivity (Wildman–Crippen MR) is 101 cm³/mol. The molecule has 0 radical (unpaired) electrons. The zero-order chi connectivity index (χ0) is 18.8. The fraction of sp³-hybridized carbons (Fsp3) is 0.316. The van der Waals surface area contributed by atoms with Gasteiger partial charge in [0.25, 0.3) is 0 Å². The average molecular weight is 357 g/mol. The summed E-state index contributed by atoms with van der Waals surface area (Å²) in [5, 5.41) is 9.00. The molecule has 7 heteroatoms. The topological polar surface area (TPSA) is 78.4 Å². The lowest BCUT2D eigenvalue weighted by Crippen LogP contribution is -2.38. The van der Waals surface area contributed by atoms with Gasteiger partial charge in [-0.15, -0.1) is 0 Å². The van der Waals surface area contributed by atoms with Crippen LogP contribution in [0.25, 0.3) is 0 Å². The number of aryl methyl sites for hydroxylation is 1. The Labute approximate surface area is 152 Å². The van der Waals surface area contributed by atoms with E-state index < -0.39 is 0 Å². The van der Waals surface area contributed by atoms with Gasteiger partial charge in [0.2, 0.25) is 5.91 Å². The van der Waals surface area contributed by atoms with Gasteiger partial charge in [-0.3, -0.25) is 4.79 Å². The fourth-order valence-corrected chi connectivity index (χ4v) is 2.21. The SMILES string of the molecule is CCNC(=NCc1ccc(F)cc1)NCCC(=O)Nc1cccc(C)n1. The van der Waals surface area contributed by atoms with Gasteiger partial charge in [0, 0.05) is 25.2 Å². The van der Waals surface area contributed by atoms with Crippen molar-refractivity contribution in [3.8, 4) is 0 Å². The summed E-state index contributed by atoms with van der Waals surface area (Å²) in [7, 11) is 0. The smallest absolute Gasteiger partial charge is 0.227 e. The third-order valence-electron chi connectivity index (χ3n) is 3.48. The molecule has 2 aromatic rings. The van der Waals surface area contributed by atoms with Crippen LogP contribution < -0.4 is 16.0 Å². The number of rotatable bonds is 7. The summed E-state index contributed by atoms with van der Waals surface area (Å²) in [6.45, 7) is 5.40. The largest absolute Gasteiger partial charge is 0.357 e. The number of hydrogen-bond acceptors (Lipinski definition) is 3. The monoisotopic (exact) mass is 357 g/mol. The molecule has 1 heterocycles. The van der Waals surface area contributed by atoms with Crippen LogP contribution in [-0.4, -0.2) is 29.9 Å². The zero-order valence-electron chi connectivity index (χ0n) is 15.1. The number of aromatic nitrogens is 1. The number of nitrogens with one attached hydrogen (secondary N) is 3. The molecule has 3 N–H and O–H groups in total. The van der Waals surface area contributed by atoms with E-state index in [9.17, 15) is 9.18 Å². The molecule has 2 rings (SSSR count). The normalized spacial score (nSPS) is 11.1. The van der Waals surface area contributed by atoms with Crippen molar-refractivity contribution in [2.24, 2.45) is 4.99 Å². The molecule has 0 fully saturated rings. The quantitative estimate of drug-likeness (QED) is 0.526. The molecule has 1 amide bonds. The summed E-state index contributed by atoms with van der Waals surface area (Å²) in [5.41, 5.74) is 1.76. The molecule has 0 atom stereocenters. The second-order valence-corrected chi connectivity index (χ2v) is 5.71. The summed E-state index contributed by atoms with van der Waals surface area (Å²) < 4.78 is 12.9. The molecule has 0 spiro atoms. The van der Waals surface area contributed by atoms with Crippen LogP contribution in [0.4, 0.5) is 10.2 Å². The van der Waals surface area contributed by atoms with Crippen LogP contribution in [0.15, 0.2) is 47.5 Å². The Morgan fingerprint density at radius 1 is 1.15 bits per heavy atom. The number of carbonyl (C=O) groups excluding carboxylic acids is 1. The number of pyridine rings is 1. The Hall–Kier alpha value is -2.96. The van der Waals surface area contributed by atoms with E-state index in [0.717, 1.165) is 11.3 Å². The number of carbonyl (C=O) groups is 1. The minimum absolute atomic E-state index is 0.120. The molecule has 0 aliphatic heterocycles. The van der Waals surface area contributed by atoms with E-state index in [4.69, 9.17) is 0 Å². The summed E-state index contributed by atoms with van der Waals surface area (Å²) >= 11 is 0. The first-order chi connectivity index (χ1) is 12.6. The van der Waals surface area contributed by atoms with Gasteiger partial charge >= 0.3 is 0 Å². The van der Waals surface area contributed by atoms with Gasteiger partial charge in [-0.1, -0.05) is 18.2 Å². The summed E-state index contributed by atoms with van der Waals surface area (Å²) in [6.07, 6.45) is 0.288. The molecule has 0 unspecified atom stereocenters. The molecule has 1 aromatic heterocycles. The minimum Gasteiger partial charge on any atom is -0.357 e. The van der Waals surface area contributed by atoms with E-state index >= 15 is 0 Å². The highest BCUT2D eigenvalue weighted by molar-refractivity contribution is 5.90. The standard InChI is InChI=1S/C19H24FN5O/c1-3-21-19(23-13-15-7-9-16(20)10-8-15)22-12-11-18(26)25-17-6-4-5-14(2)24-17/h4-10H,3,11-13H2,1-2H3,(H2,21,22,23)(H,24,25,26). The maximum Gasteiger partial charge on any atom is 0.227 e. The number of anilines is 1. The average Bonchev–Trinajstić information content (AvgIpc) is 2.61. The van der Waals surface area contributed by atoms with Gasteiger partial charge in [-0.05, 0) is 43.7 Å². The van der Waals surface area contributed by atoms with Crippen molar-refractivity contribution in [2.75, 3.05) is 18.4 Å². The molecule has 0 aliphatic rings. The second kappa shape index (κ2) is 10.1. The predicted octanol–water partition coefficient (Wildman–Crippen LogP) is 2.61. The molecule has 0 saturated carbocycles. The summed E-state index contributed by atoms with van der Waals surface area (Å²) in [4.78, 5) is 20.7. The molecule has 0 aliphatic carbocycles. The lowest BCUT2D eigenvalue weighted by Gasteiger charge is -2.11. The lowest BCUT2D eigenvalue weighted by atomic mass is 10.2. The van der Waals surface area contributed by atoms with Crippen LogP contribution in [-0.2, 0) is 11.3 Å². The van der Waals surface area contributed by atoms with E-state index in [-0.39, 0.29) is 18.1 Å². The van der Waals surface area contributed by atoms with Crippen molar-refractivity contribution in [3.63, 3.8) is 0 Å². The van der Waals surface area contributed by atoms with Crippen molar-refractivity contribution in [1.29, 1.82) is 0 Å². The number of halogens is 1. The number of hydrogen-bond donors (Lipinski definition) is 3. The first-order valence-corrected chi connectivity index (χ1v) is 8.57. The molecule has 0 saturated heterocycles. The molecule has 6 nitrogen and oxygen atoms in total. The Balaban J connectivity index is 1.80. The lowest BCUT2D eigenvalue weighted by molar-refractivity contribution is -0.116. The van der Waals surface area contributed by atoms with E-state index in [1.165, 1.54) is 12.1 Å². The zero-order valence-corrected chi connectivity index (χ0v) is 15.1.